The molecule has 0 fully saturated rings. The first kappa shape index (κ1) is 17.6. The first-order valence-electron chi connectivity index (χ1n) is 7.72. The highest BCUT2D eigenvalue weighted by molar-refractivity contribution is 7.09. The summed E-state index contributed by atoms with van der Waals surface area (Å²) in [5.41, 5.74) is 1.67. The summed E-state index contributed by atoms with van der Waals surface area (Å²) in [7, 11) is 5.33. The van der Waals surface area contributed by atoms with Crippen molar-refractivity contribution in [1.29, 1.82) is 0 Å². The van der Waals surface area contributed by atoms with E-state index in [9.17, 15) is 4.79 Å². The predicted octanol–water partition coefficient (Wildman–Crippen LogP) is 3.35. The van der Waals surface area contributed by atoms with Crippen LogP contribution < -0.4 is 14.3 Å². The zero-order valence-electron chi connectivity index (χ0n) is 14.1. The van der Waals surface area contributed by atoms with Gasteiger partial charge in [-0.3, -0.25) is 4.79 Å². The van der Waals surface area contributed by atoms with E-state index in [2.05, 4.69) is 23.9 Å². The van der Waals surface area contributed by atoms with Crippen LogP contribution in [0.5, 0.6) is 11.5 Å². The number of nitrogens with zero attached hydrogens (tertiary/aromatic N) is 1. The smallest absolute Gasteiger partial charge is 0.305 e. The third-order valence-electron chi connectivity index (χ3n) is 3.70. The number of aromatic amines is 1. The summed E-state index contributed by atoms with van der Waals surface area (Å²) < 4.78 is 10.7. The van der Waals surface area contributed by atoms with E-state index in [4.69, 9.17) is 9.47 Å². The number of aromatic nitrogens is 1. The molecule has 0 atom stereocenters. The number of methoxy groups -OCH3 is 2. The summed E-state index contributed by atoms with van der Waals surface area (Å²) >= 11 is 1.25. The van der Waals surface area contributed by atoms with Crippen molar-refractivity contribution in [1.82, 2.24) is 9.88 Å². The lowest BCUT2D eigenvalue weighted by Crippen LogP contribution is -2.18. The van der Waals surface area contributed by atoms with Crippen molar-refractivity contribution in [2.45, 2.75) is 26.3 Å². The van der Waals surface area contributed by atoms with Crippen LogP contribution >= 0.6 is 11.3 Å². The molecule has 1 heterocycles. The Bertz CT molecular complexity index is 693. The molecular formula is C17H24N2O3S. The highest BCUT2D eigenvalue weighted by atomic mass is 32.1. The molecule has 6 heteroatoms. The minimum atomic E-state index is -0.0521. The third-order valence-corrected chi connectivity index (χ3v) is 4.57. The van der Waals surface area contributed by atoms with Crippen molar-refractivity contribution >= 4 is 11.3 Å². The van der Waals surface area contributed by atoms with E-state index >= 15 is 0 Å². The van der Waals surface area contributed by atoms with Crippen molar-refractivity contribution in [2.24, 2.45) is 0 Å². The fourth-order valence-electron chi connectivity index (χ4n) is 2.45. The molecule has 0 bridgehead atoms. The van der Waals surface area contributed by atoms with Gasteiger partial charge < -0.3 is 19.4 Å². The first-order valence-corrected chi connectivity index (χ1v) is 8.53. The molecule has 0 aliphatic rings. The van der Waals surface area contributed by atoms with Crippen LogP contribution in [0.15, 0.2) is 23.0 Å². The summed E-state index contributed by atoms with van der Waals surface area (Å²) in [6.07, 6.45) is 2.30. The molecule has 1 aromatic heterocycles. The number of nitrogens with one attached hydrogen (secondary N) is 1. The van der Waals surface area contributed by atoms with Crippen molar-refractivity contribution < 1.29 is 9.47 Å². The lowest BCUT2D eigenvalue weighted by atomic mass is 10.1. The average Bonchev–Trinajstić information content (AvgIpc) is 2.92. The second-order valence-electron chi connectivity index (χ2n) is 5.47. The van der Waals surface area contributed by atoms with E-state index < -0.39 is 0 Å². The van der Waals surface area contributed by atoms with Crippen LogP contribution in [0.4, 0.5) is 0 Å². The SMILES string of the molecule is CCCCN(C)Cc1sc(=O)[nH]c1-c1cc(OC)ccc1OC. The summed E-state index contributed by atoms with van der Waals surface area (Å²) in [5, 5.41) is 0. The molecule has 0 unspecified atom stereocenters. The maximum Gasteiger partial charge on any atom is 0.305 e. The largest absolute Gasteiger partial charge is 0.497 e. The van der Waals surface area contributed by atoms with Gasteiger partial charge in [0.1, 0.15) is 11.5 Å². The number of H-pyrrole nitrogens is 1. The molecule has 0 amide bonds. The van der Waals surface area contributed by atoms with Gasteiger partial charge in [-0.15, -0.1) is 0 Å². The number of unbranched alkanes of at least 4 members (excludes halogenated alkanes) is 1. The van der Waals surface area contributed by atoms with Crippen LogP contribution in [0.1, 0.15) is 24.6 Å². The van der Waals surface area contributed by atoms with Gasteiger partial charge in [0.15, 0.2) is 0 Å². The molecular weight excluding hydrogens is 312 g/mol. The highest BCUT2D eigenvalue weighted by Gasteiger charge is 2.16. The molecule has 1 aromatic carbocycles. The van der Waals surface area contributed by atoms with Gasteiger partial charge in [-0.1, -0.05) is 24.7 Å². The molecule has 1 N–H and O–H groups in total. The quantitative estimate of drug-likeness (QED) is 0.803. The van der Waals surface area contributed by atoms with E-state index in [1.807, 2.05) is 18.2 Å². The lowest BCUT2D eigenvalue weighted by Gasteiger charge is -2.16. The van der Waals surface area contributed by atoms with Gasteiger partial charge in [-0.05, 0) is 38.2 Å². The van der Waals surface area contributed by atoms with Crippen LogP contribution in [0.2, 0.25) is 0 Å². The topological polar surface area (TPSA) is 54.6 Å². The number of hydrogen-bond donors (Lipinski definition) is 1. The Morgan fingerprint density at radius 3 is 2.70 bits per heavy atom. The van der Waals surface area contributed by atoms with E-state index in [1.165, 1.54) is 11.3 Å². The van der Waals surface area contributed by atoms with Crippen molar-refractivity contribution in [3.05, 3.63) is 32.7 Å². The normalized spacial score (nSPS) is 11.0. The molecule has 2 aromatic rings. The van der Waals surface area contributed by atoms with E-state index in [-0.39, 0.29) is 4.87 Å². The number of benzene rings is 1. The Morgan fingerprint density at radius 1 is 1.26 bits per heavy atom. The maximum absolute atomic E-state index is 11.9. The predicted molar refractivity (Wildman–Crippen MR) is 94.7 cm³/mol. The van der Waals surface area contributed by atoms with Gasteiger partial charge in [0.25, 0.3) is 0 Å². The van der Waals surface area contributed by atoms with E-state index in [0.29, 0.717) is 0 Å². The Morgan fingerprint density at radius 2 is 2.04 bits per heavy atom. The summed E-state index contributed by atoms with van der Waals surface area (Å²) in [6.45, 7) is 3.92. The summed E-state index contributed by atoms with van der Waals surface area (Å²) in [6, 6.07) is 5.60. The molecule has 0 spiro atoms. The maximum atomic E-state index is 11.9. The van der Waals surface area contributed by atoms with Crippen molar-refractivity contribution in [2.75, 3.05) is 27.8 Å². The van der Waals surface area contributed by atoms with E-state index in [1.54, 1.807) is 14.2 Å². The standard InChI is InChI=1S/C17H24N2O3S/c1-5-6-9-19(2)11-15-16(18-17(20)23-15)13-10-12(21-3)7-8-14(13)22-4/h7-8,10H,5-6,9,11H2,1-4H3,(H,18,20). The van der Waals surface area contributed by atoms with Crippen molar-refractivity contribution in [3.8, 4) is 22.8 Å². The molecule has 0 saturated carbocycles. The summed E-state index contributed by atoms with van der Waals surface area (Å²) in [4.78, 5) is 18.1. The fraction of sp³-hybridized carbons (Fsp3) is 0.471. The molecule has 2 rings (SSSR count). The molecule has 0 radical (unpaired) electrons. The van der Waals surface area contributed by atoms with Crippen LogP contribution in [-0.2, 0) is 6.54 Å². The van der Waals surface area contributed by atoms with Crippen LogP contribution in [0.3, 0.4) is 0 Å². The van der Waals surface area contributed by atoms with Gasteiger partial charge in [-0.2, -0.15) is 0 Å². The molecule has 0 aliphatic heterocycles. The number of thiazole rings is 1. The van der Waals surface area contributed by atoms with Crippen LogP contribution in [-0.4, -0.2) is 37.7 Å². The molecule has 0 aliphatic carbocycles. The monoisotopic (exact) mass is 336 g/mol. The third kappa shape index (κ3) is 4.36. The number of ether oxygens (including phenoxy) is 2. The zero-order valence-corrected chi connectivity index (χ0v) is 15.0. The molecule has 0 saturated heterocycles. The van der Waals surface area contributed by atoms with Crippen molar-refractivity contribution in [3.63, 3.8) is 0 Å². The Balaban J connectivity index is 2.38. The minimum absolute atomic E-state index is 0.0521. The zero-order chi connectivity index (χ0) is 16.8. The van der Waals surface area contributed by atoms with Crippen LogP contribution in [0.25, 0.3) is 11.3 Å². The van der Waals surface area contributed by atoms with Crippen LogP contribution in [0, 0.1) is 0 Å². The number of rotatable bonds is 8. The van der Waals surface area contributed by atoms with E-state index in [0.717, 1.165) is 53.6 Å². The second kappa shape index (κ2) is 8.17. The Hall–Kier alpha value is -1.79. The number of hydrogen-bond acceptors (Lipinski definition) is 5. The van der Waals surface area contributed by atoms with Gasteiger partial charge >= 0.3 is 4.87 Å². The Labute approximate surface area is 140 Å². The van der Waals surface area contributed by atoms with Gasteiger partial charge in [0.2, 0.25) is 0 Å². The molecule has 5 nitrogen and oxygen atoms in total. The Kier molecular flexibility index (Phi) is 6.24. The molecule has 23 heavy (non-hydrogen) atoms. The summed E-state index contributed by atoms with van der Waals surface area (Å²) in [5.74, 6) is 1.45. The lowest BCUT2D eigenvalue weighted by molar-refractivity contribution is 0.323. The minimum Gasteiger partial charge on any atom is -0.497 e. The van der Waals surface area contributed by atoms with Gasteiger partial charge in [-0.25, -0.2) is 0 Å². The first-order chi connectivity index (χ1) is 11.1. The fourth-order valence-corrected chi connectivity index (χ4v) is 3.38. The second-order valence-corrected chi connectivity index (χ2v) is 6.54. The molecule has 126 valence electrons. The van der Waals surface area contributed by atoms with Gasteiger partial charge in [0.05, 0.1) is 19.9 Å². The average molecular weight is 336 g/mol. The highest BCUT2D eigenvalue weighted by Crippen LogP contribution is 2.35. The van der Waals surface area contributed by atoms with Gasteiger partial charge in [0, 0.05) is 17.0 Å².